The molecule has 3 aromatic carbocycles. The molecule has 0 atom stereocenters. The van der Waals surface area contributed by atoms with Crippen molar-refractivity contribution in [1.29, 1.82) is 0 Å². The molecule has 0 spiro atoms. The zero-order valence-corrected chi connectivity index (χ0v) is 13.2. The lowest BCUT2D eigenvalue weighted by atomic mass is 9.97. The van der Waals surface area contributed by atoms with E-state index >= 15 is 0 Å². The first-order chi connectivity index (χ1) is 11.1. The lowest BCUT2D eigenvalue weighted by Crippen LogP contribution is -2.16. The minimum atomic E-state index is -0.301. The minimum absolute atomic E-state index is 0.0647. The summed E-state index contributed by atoms with van der Waals surface area (Å²) in [7, 11) is 0. The van der Waals surface area contributed by atoms with E-state index in [-0.39, 0.29) is 11.5 Å². The molecule has 0 radical (unpaired) electrons. The highest BCUT2D eigenvalue weighted by Gasteiger charge is 2.38. The Bertz CT molecular complexity index is 1020. The summed E-state index contributed by atoms with van der Waals surface area (Å²) < 4.78 is 0.670. The lowest BCUT2D eigenvalue weighted by Gasteiger charge is -2.03. The molecule has 112 valence electrons. The van der Waals surface area contributed by atoms with Gasteiger partial charge in [0.25, 0.3) is 11.5 Å². The van der Waals surface area contributed by atoms with E-state index in [4.69, 9.17) is 23.2 Å². The number of halogens is 2. The predicted octanol–water partition coefficient (Wildman–Crippen LogP) is 4.97. The first kappa shape index (κ1) is 14.2. The highest BCUT2D eigenvalue weighted by Crippen LogP contribution is 2.35. The van der Waals surface area contributed by atoms with Gasteiger partial charge in [-0.05, 0) is 35.0 Å². The van der Waals surface area contributed by atoms with E-state index in [1.807, 2.05) is 30.3 Å². The van der Waals surface area contributed by atoms with Crippen LogP contribution in [0.1, 0.15) is 15.9 Å². The second kappa shape index (κ2) is 5.08. The zero-order valence-electron chi connectivity index (χ0n) is 11.7. The van der Waals surface area contributed by atoms with Crippen LogP contribution in [0.25, 0.3) is 10.8 Å². The van der Waals surface area contributed by atoms with Crippen LogP contribution in [0.3, 0.4) is 0 Å². The summed E-state index contributed by atoms with van der Waals surface area (Å²) in [6.07, 6.45) is 0. The van der Waals surface area contributed by atoms with Crippen molar-refractivity contribution in [2.24, 2.45) is 0 Å². The number of fused-ring (bicyclic) bond motifs is 3. The van der Waals surface area contributed by atoms with E-state index in [1.165, 1.54) is 6.07 Å². The number of hydrogen-bond acceptors (Lipinski definition) is 2. The van der Waals surface area contributed by atoms with Gasteiger partial charge in [-0.2, -0.15) is 4.74 Å². The van der Waals surface area contributed by atoms with Crippen molar-refractivity contribution < 1.29 is 9.53 Å². The number of hydrogen-bond donors (Lipinski definition) is 0. The van der Waals surface area contributed by atoms with Crippen molar-refractivity contribution >= 4 is 51.2 Å². The van der Waals surface area contributed by atoms with Gasteiger partial charge >= 0.3 is 0 Å². The number of benzene rings is 3. The number of carbonyl (C=O) groups is 1. The number of nitrogens with zero attached hydrogens (tertiary/aromatic N) is 1. The smallest absolute Gasteiger partial charge is 0.273 e. The topological polar surface area (TPSA) is 43.1 Å². The summed E-state index contributed by atoms with van der Waals surface area (Å²) in [5, 5.41) is 15.0. The molecular weight excluding hydrogens is 333 g/mol. The van der Waals surface area contributed by atoms with Crippen molar-refractivity contribution in [2.75, 3.05) is 0 Å². The number of Topliss-reactive ketones (excluding diaryl/α,β-unsaturated/α-hetero) is 1. The average molecular weight is 342 g/mol. The van der Waals surface area contributed by atoms with Crippen molar-refractivity contribution in [2.45, 2.75) is 0 Å². The van der Waals surface area contributed by atoms with Crippen molar-refractivity contribution in [3.8, 4) is 0 Å². The number of rotatable bonds is 1. The summed E-state index contributed by atoms with van der Waals surface area (Å²) in [5.74, 6) is -0.301. The minimum Gasteiger partial charge on any atom is -0.618 e. The van der Waals surface area contributed by atoms with Crippen LogP contribution >= 0.6 is 23.2 Å². The van der Waals surface area contributed by atoms with Crippen LogP contribution in [-0.2, 0) is 0 Å². The Hall–Kier alpha value is -2.36. The van der Waals surface area contributed by atoms with E-state index in [0.29, 0.717) is 31.6 Å². The molecule has 0 fully saturated rings. The fourth-order valence-corrected chi connectivity index (χ4v) is 3.19. The Labute approximate surface area is 142 Å². The molecule has 1 aliphatic rings. The van der Waals surface area contributed by atoms with Gasteiger partial charge in [0.15, 0.2) is 0 Å². The summed E-state index contributed by atoms with van der Waals surface area (Å²) in [4.78, 5) is 12.9. The Morgan fingerprint density at radius 3 is 2.48 bits per heavy atom. The Morgan fingerprint density at radius 1 is 0.913 bits per heavy atom. The fraction of sp³-hybridized carbons (Fsp3) is 0. The molecule has 0 aromatic heterocycles. The SMILES string of the molecule is O=C1C(c2ccc(Cl)c(Cl)c2)=[N+]([O-])c2ccc3ccccc3c21. The largest absolute Gasteiger partial charge is 0.618 e. The van der Waals surface area contributed by atoms with E-state index < -0.39 is 0 Å². The molecular formula is C18H9Cl2NO2. The van der Waals surface area contributed by atoms with Crippen LogP contribution in [0.2, 0.25) is 10.0 Å². The molecule has 0 saturated carbocycles. The average Bonchev–Trinajstić information content (AvgIpc) is 2.82. The Morgan fingerprint density at radius 2 is 1.70 bits per heavy atom. The van der Waals surface area contributed by atoms with Gasteiger partial charge in [-0.25, -0.2) is 0 Å². The van der Waals surface area contributed by atoms with Crippen molar-refractivity contribution in [3.63, 3.8) is 0 Å². The molecule has 0 N–H and O–H groups in total. The van der Waals surface area contributed by atoms with Crippen molar-refractivity contribution in [1.82, 2.24) is 0 Å². The quantitative estimate of drug-likeness (QED) is 0.463. The molecule has 0 aliphatic carbocycles. The van der Waals surface area contributed by atoms with Gasteiger partial charge in [0.1, 0.15) is 5.56 Å². The van der Waals surface area contributed by atoms with Gasteiger partial charge in [-0.15, -0.1) is 0 Å². The summed E-state index contributed by atoms with van der Waals surface area (Å²) in [6, 6.07) is 15.8. The van der Waals surface area contributed by atoms with Crippen LogP contribution in [0, 0.1) is 5.21 Å². The monoisotopic (exact) mass is 341 g/mol. The summed E-state index contributed by atoms with van der Waals surface area (Å²) in [5.41, 5.74) is 1.31. The third-order valence-electron chi connectivity index (χ3n) is 3.96. The summed E-state index contributed by atoms with van der Waals surface area (Å²) >= 11 is 11.9. The van der Waals surface area contributed by atoms with Crippen LogP contribution in [-0.4, -0.2) is 16.2 Å². The van der Waals surface area contributed by atoms with Gasteiger partial charge in [0.05, 0.1) is 15.6 Å². The Balaban J connectivity index is 1.97. The molecule has 0 amide bonds. The van der Waals surface area contributed by atoms with Crippen LogP contribution in [0.15, 0.2) is 54.6 Å². The molecule has 23 heavy (non-hydrogen) atoms. The molecule has 0 unspecified atom stereocenters. The Kier molecular flexibility index (Phi) is 3.15. The number of carbonyl (C=O) groups excluding carboxylic acids is 1. The van der Waals surface area contributed by atoms with E-state index in [0.717, 1.165) is 10.8 Å². The normalized spacial score (nSPS) is 13.7. The van der Waals surface area contributed by atoms with E-state index in [2.05, 4.69) is 0 Å². The molecule has 1 aliphatic heterocycles. The highest BCUT2D eigenvalue weighted by atomic mass is 35.5. The molecule has 4 rings (SSSR count). The highest BCUT2D eigenvalue weighted by molar-refractivity contribution is 6.54. The van der Waals surface area contributed by atoms with Crippen molar-refractivity contribution in [3.05, 3.63) is 81.0 Å². The van der Waals surface area contributed by atoms with Crippen LogP contribution in [0.5, 0.6) is 0 Å². The third kappa shape index (κ3) is 2.05. The van der Waals surface area contributed by atoms with E-state index in [1.54, 1.807) is 18.2 Å². The molecule has 3 nitrogen and oxygen atoms in total. The van der Waals surface area contributed by atoms with Gasteiger partial charge in [0, 0.05) is 6.07 Å². The third-order valence-corrected chi connectivity index (χ3v) is 4.70. The molecule has 0 saturated heterocycles. The zero-order chi connectivity index (χ0) is 16.1. The van der Waals surface area contributed by atoms with Gasteiger partial charge < -0.3 is 5.21 Å². The first-order valence-electron chi connectivity index (χ1n) is 6.94. The van der Waals surface area contributed by atoms with Crippen LogP contribution < -0.4 is 0 Å². The summed E-state index contributed by atoms with van der Waals surface area (Å²) in [6.45, 7) is 0. The molecule has 0 bridgehead atoms. The van der Waals surface area contributed by atoms with Gasteiger partial charge in [-0.3, -0.25) is 4.79 Å². The van der Waals surface area contributed by atoms with Gasteiger partial charge in [0.2, 0.25) is 5.69 Å². The second-order valence-electron chi connectivity index (χ2n) is 5.28. The number of ketones is 1. The molecule has 3 aromatic rings. The second-order valence-corrected chi connectivity index (χ2v) is 6.10. The molecule has 1 heterocycles. The lowest BCUT2D eigenvalue weighted by molar-refractivity contribution is -0.355. The standard InChI is InChI=1S/C18H9Cl2NO2/c19-13-7-5-11(9-14(13)20)17-18(22)16-12-4-2-1-3-10(12)6-8-15(16)21(17)23/h1-9H. The maximum Gasteiger partial charge on any atom is 0.273 e. The van der Waals surface area contributed by atoms with Gasteiger partial charge in [-0.1, -0.05) is 47.5 Å². The predicted molar refractivity (Wildman–Crippen MR) is 92.1 cm³/mol. The fourth-order valence-electron chi connectivity index (χ4n) is 2.89. The molecule has 5 heteroatoms. The maximum absolute atomic E-state index is 12.9. The first-order valence-corrected chi connectivity index (χ1v) is 7.69. The van der Waals surface area contributed by atoms with E-state index in [9.17, 15) is 10.0 Å². The van der Waals surface area contributed by atoms with Crippen LogP contribution in [0.4, 0.5) is 5.69 Å². The maximum atomic E-state index is 12.9.